The molecule has 2 aromatic heterocycles. The first-order chi connectivity index (χ1) is 9.70. The van der Waals surface area contributed by atoms with Crippen LogP contribution in [0.5, 0.6) is 0 Å². The van der Waals surface area contributed by atoms with E-state index in [1.807, 2.05) is 43.5 Å². The number of aldehydes is 1. The van der Waals surface area contributed by atoms with Crippen molar-refractivity contribution in [2.24, 2.45) is 7.05 Å². The van der Waals surface area contributed by atoms with Gasteiger partial charge in [-0.05, 0) is 12.5 Å². The molecule has 0 saturated heterocycles. The molecule has 0 aliphatic carbocycles. The molecule has 0 spiro atoms. The number of benzene rings is 1. The third-order valence-corrected chi connectivity index (χ3v) is 3.26. The van der Waals surface area contributed by atoms with Gasteiger partial charge in [-0.15, -0.1) is 0 Å². The van der Waals surface area contributed by atoms with Crippen LogP contribution in [0.2, 0.25) is 0 Å². The van der Waals surface area contributed by atoms with E-state index in [9.17, 15) is 4.79 Å². The zero-order valence-corrected chi connectivity index (χ0v) is 11.3. The van der Waals surface area contributed by atoms with Gasteiger partial charge in [-0.1, -0.05) is 30.3 Å². The van der Waals surface area contributed by atoms with Crippen LogP contribution in [-0.2, 0) is 7.05 Å². The van der Waals surface area contributed by atoms with Gasteiger partial charge < -0.3 is 0 Å². The topological polar surface area (TPSA) is 52.7 Å². The van der Waals surface area contributed by atoms with Crippen molar-refractivity contribution in [1.82, 2.24) is 19.6 Å². The third-order valence-electron chi connectivity index (χ3n) is 3.26. The number of hydrogen-bond acceptors (Lipinski definition) is 3. The smallest absolute Gasteiger partial charge is 0.162 e. The molecule has 1 aromatic carbocycles. The van der Waals surface area contributed by atoms with Gasteiger partial charge in [0.2, 0.25) is 0 Å². The van der Waals surface area contributed by atoms with Gasteiger partial charge in [-0.25, -0.2) is 4.68 Å². The van der Waals surface area contributed by atoms with Crippen LogP contribution in [0.1, 0.15) is 16.1 Å². The Labute approximate surface area is 116 Å². The molecule has 2 heterocycles. The van der Waals surface area contributed by atoms with Gasteiger partial charge in [-0.2, -0.15) is 10.2 Å². The second-order valence-corrected chi connectivity index (χ2v) is 4.60. The molecule has 100 valence electrons. The largest absolute Gasteiger partial charge is 0.298 e. The van der Waals surface area contributed by atoms with E-state index < -0.39 is 0 Å². The van der Waals surface area contributed by atoms with E-state index in [0.717, 1.165) is 17.4 Å². The van der Waals surface area contributed by atoms with Gasteiger partial charge in [0, 0.05) is 18.8 Å². The summed E-state index contributed by atoms with van der Waals surface area (Å²) in [5, 5.41) is 8.61. The van der Waals surface area contributed by atoms with Crippen LogP contribution in [0, 0.1) is 6.92 Å². The molecule has 5 nitrogen and oxygen atoms in total. The Balaban J connectivity index is 2.09. The van der Waals surface area contributed by atoms with Crippen molar-refractivity contribution in [3.63, 3.8) is 0 Å². The van der Waals surface area contributed by atoms with Crippen LogP contribution in [0.25, 0.3) is 16.9 Å². The molecular weight excluding hydrogens is 252 g/mol. The number of carbonyl (C=O) groups is 1. The first-order valence-corrected chi connectivity index (χ1v) is 6.30. The van der Waals surface area contributed by atoms with Crippen LogP contribution in [0.15, 0.2) is 42.7 Å². The predicted molar refractivity (Wildman–Crippen MR) is 75.9 cm³/mol. The highest BCUT2D eigenvalue weighted by molar-refractivity contribution is 5.81. The molecule has 3 aromatic rings. The summed E-state index contributed by atoms with van der Waals surface area (Å²) < 4.78 is 3.35. The standard InChI is InChI=1S/C15H14N4O/c1-11-14(10-20)15(18(2)17-11)19-9-13(8-16-19)12-6-4-3-5-7-12/h3-10H,1-2H3. The number of nitrogens with zero attached hydrogens (tertiary/aromatic N) is 4. The van der Waals surface area contributed by atoms with E-state index in [1.54, 1.807) is 22.6 Å². The maximum atomic E-state index is 11.2. The minimum absolute atomic E-state index is 0.565. The lowest BCUT2D eigenvalue weighted by atomic mass is 10.1. The molecular formula is C15H14N4O. The predicted octanol–water partition coefficient (Wildman–Crippen LogP) is 2.39. The van der Waals surface area contributed by atoms with Gasteiger partial charge in [-0.3, -0.25) is 9.48 Å². The summed E-state index contributed by atoms with van der Waals surface area (Å²) in [7, 11) is 1.80. The van der Waals surface area contributed by atoms with Crippen molar-refractivity contribution in [1.29, 1.82) is 0 Å². The Morgan fingerprint density at radius 2 is 1.90 bits per heavy atom. The van der Waals surface area contributed by atoms with E-state index in [0.29, 0.717) is 17.1 Å². The Hall–Kier alpha value is -2.69. The maximum absolute atomic E-state index is 11.2. The molecule has 20 heavy (non-hydrogen) atoms. The third kappa shape index (κ3) is 1.93. The van der Waals surface area contributed by atoms with Crippen LogP contribution in [-0.4, -0.2) is 25.8 Å². The highest BCUT2D eigenvalue weighted by Crippen LogP contribution is 2.21. The quantitative estimate of drug-likeness (QED) is 0.684. The Morgan fingerprint density at radius 1 is 1.15 bits per heavy atom. The molecule has 0 bridgehead atoms. The number of aryl methyl sites for hydroxylation is 2. The lowest BCUT2D eigenvalue weighted by molar-refractivity contribution is 0.112. The van der Waals surface area contributed by atoms with Crippen molar-refractivity contribution in [3.05, 3.63) is 54.0 Å². The molecule has 0 radical (unpaired) electrons. The number of rotatable bonds is 3. The molecule has 0 atom stereocenters. The highest BCUT2D eigenvalue weighted by Gasteiger charge is 2.15. The van der Waals surface area contributed by atoms with E-state index in [4.69, 9.17) is 0 Å². The first kappa shape index (κ1) is 12.3. The number of carbonyl (C=O) groups excluding carboxylic acids is 1. The van der Waals surface area contributed by atoms with Crippen LogP contribution < -0.4 is 0 Å². The summed E-state index contributed by atoms with van der Waals surface area (Å²) in [5.74, 6) is 0.680. The summed E-state index contributed by atoms with van der Waals surface area (Å²) in [6, 6.07) is 9.99. The summed E-state index contributed by atoms with van der Waals surface area (Å²) >= 11 is 0. The Kier molecular flexibility index (Phi) is 2.95. The summed E-state index contributed by atoms with van der Waals surface area (Å²) in [6.45, 7) is 1.81. The fraction of sp³-hybridized carbons (Fsp3) is 0.133. The van der Waals surface area contributed by atoms with Gasteiger partial charge in [0.25, 0.3) is 0 Å². The highest BCUT2D eigenvalue weighted by atomic mass is 16.1. The minimum Gasteiger partial charge on any atom is -0.298 e. The molecule has 0 fully saturated rings. The summed E-state index contributed by atoms with van der Waals surface area (Å²) in [4.78, 5) is 11.2. The van der Waals surface area contributed by atoms with Crippen molar-refractivity contribution in [2.75, 3.05) is 0 Å². The van der Waals surface area contributed by atoms with E-state index in [-0.39, 0.29) is 0 Å². The van der Waals surface area contributed by atoms with Gasteiger partial charge in [0.05, 0.1) is 17.5 Å². The molecule has 0 N–H and O–H groups in total. The molecule has 0 aliphatic rings. The molecule has 0 amide bonds. The van der Waals surface area contributed by atoms with Crippen molar-refractivity contribution in [3.8, 4) is 16.9 Å². The fourth-order valence-corrected chi connectivity index (χ4v) is 2.29. The Bertz CT molecular complexity index is 756. The van der Waals surface area contributed by atoms with Crippen LogP contribution in [0.4, 0.5) is 0 Å². The van der Waals surface area contributed by atoms with Crippen molar-refractivity contribution >= 4 is 6.29 Å². The SMILES string of the molecule is Cc1nn(C)c(-n2cc(-c3ccccc3)cn2)c1C=O. The molecule has 3 rings (SSSR count). The number of aromatic nitrogens is 4. The maximum Gasteiger partial charge on any atom is 0.162 e. The van der Waals surface area contributed by atoms with Crippen molar-refractivity contribution in [2.45, 2.75) is 6.92 Å². The average molecular weight is 266 g/mol. The van der Waals surface area contributed by atoms with Crippen molar-refractivity contribution < 1.29 is 4.79 Å². The zero-order valence-electron chi connectivity index (χ0n) is 11.3. The zero-order chi connectivity index (χ0) is 14.1. The molecule has 0 unspecified atom stereocenters. The summed E-state index contributed by atoms with van der Waals surface area (Å²) in [5.41, 5.74) is 3.36. The van der Waals surface area contributed by atoms with Crippen LogP contribution >= 0.6 is 0 Å². The minimum atomic E-state index is 0.565. The van der Waals surface area contributed by atoms with Gasteiger partial charge >= 0.3 is 0 Å². The second kappa shape index (κ2) is 4.77. The molecule has 5 heteroatoms. The van der Waals surface area contributed by atoms with Gasteiger partial charge in [0.1, 0.15) is 0 Å². The van der Waals surface area contributed by atoms with Gasteiger partial charge in [0.15, 0.2) is 12.1 Å². The average Bonchev–Trinajstić information content (AvgIpc) is 3.03. The Morgan fingerprint density at radius 3 is 2.60 bits per heavy atom. The lowest BCUT2D eigenvalue weighted by Gasteiger charge is -2.02. The molecule has 0 aliphatic heterocycles. The van der Waals surface area contributed by atoms with Crippen LogP contribution in [0.3, 0.4) is 0 Å². The summed E-state index contributed by atoms with van der Waals surface area (Å²) in [6.07, 6.45) is 4.51. The normalized spacial score (nSPS) is 10.7. The van der Waals surface area contributed by atoms with E-state index in [1.165, 1.54) is 0 Å². The van der Waals surface area contributed by atoms with E-state index in [2.05, 4.69) is 10.2 Å². The van der Waals surface area contributed by atoms with E-state index >= 15 is 0 Å². The number of hydrogen-bond donors (Lipinski definition) is 0. The monoisotopic (exact) mass is 266 g/mol. The second-order valence-electron chi connectivity index (χ2n) is 4.60. The fourth-order valence-electron chi connectivity index (χ4n) is 2.29. The lowest BCUT2D eigenvalue weighted by Crippen LogP contribution is -2.05. The first-order valence-electron chi connectivity index (χ1n) is 6.30. The molecule has 0 saturated carbocycles.